The predicted octanol–water partition coefficient (Wildman–Crippen LogP) is 17.4. The SMILES string of the molecule is c1ccc(-c2c3ccccc3c(-c3cccc4c3[se]c3ccc(-c5c6ccccc6c(-c6cccc7c8ccccc8n(-c8ccccc8)c67)c6ccccc56)cc34)c3ccccc23)cc1. The van der Waals surface area contributed by atoms with E-state index in [1.54, 1.807) is 0 Å². The van der Waals surface area contributed by atoms with Gasteiger partial charge >= 0.3 is 335 Å². The first-order chi connectivity index (χ1) is 32.8. The van der Waals surface area contributed by atoms with Crippen molar-refractivity contribution in [3.8, 4) is 50.2 Å². The Morgan fingerprint density at radius 3 is 1.30 bits per heavy atom. The quantitative estimate of drug-likeness (QED) is 0.120. The van der Waals surface area contributed by atoms with Gasteiger partial charge in [-0.25, -0.2) is 0 Å². The van der Waals surface area contributed by atoms with Crippen LogP contribution < -0.4 is 0 Å². The topological polar surface area (TPSA) is 4.93 Å². The zero-order valence-electron chi connectivity index (χ0n) is 35.9. The number of fused-ring (bicyclic) bond motifs is 10. The molecule has 0 atom stereocenters. The molecule has 0 amide bonds. The van der Waals surface area contributed by atoms with Gasteiger partial charge in [-0.3, -0.25) is 0 Å². The predicted molar refractivity (Wildman–Crippen MR) is 285 cm³/mol. The van der Waals surface area contributed by atoms with Crippen LogP contribution >= 0.6 is 0 Å². The van der Waals surface area contributed by atoms with Crippen LogP contribution in [-0.4, -0.2) is 19.1 Å². The summed E-state index contributed by atoms with van der Waals surface area (Å²) in [6.07, 6.45) is 0. The number of nitrogens with zero attached hydrogens (tertiary/aromatic N) is 1. The molecule has 0 saturated heterocycles. The number of rotatable bonds is 5. The molecule has 66 heavy (non-hydrogen) atoms. The molecule has 2 heteroatoms. The summed E-state index contributed by atoms with van der Waals surface area (Å²) in [6, 6.07) is 88.1. The van der Waals surface area contributed by atoms with E-state index in [1.807, 2.05) is 0 Å². The molecule has 0 radical (unpaired) electrons. The van der Waals surface area contributed by atoms with Gasteiger partial charge in [0.05, 0.1) is 0 Å². The Labute approximate surface area is 387 Å². The Kier molecular flexibility index (Phi) is 8.37. The van der Waals surface area contributed by atoms with Crippen molar-refractivity contribution in [1.29, 1.82) is 0 Å². The van der Waals surface area contributed by atoms with Gasteiger partial charge in [0, 0.05) is 0 Å². The van der Waals surface area contributed by atoms with Crippen molar-refractivity contribution in [3.05, 3.63) is 237 Å². The fourth-order valence-electron chi connectivity index (χ4n) is 11.3. The molecule has 0 fully saturated rings. The molecular weight excluding hydrogens is 862 g/mol. The van der Waals surface area contributed by atoms with Crippen LogP contribution in [0.15, 0.2) is 237 Å². The van der Waals surface area contributed by atoms with E-state index in [1.165, 1.54) is 129 Å². The fraction of sp³-hybridized carbons (Fsp3) is 0. The van der Waals surface area contributed by atoms with Crippen molar-refractivity contribution < 1.29 is 0 Å². The third-order valence-electron chi connectivity index (χ3n) is 14.0. The Balaban J connectivity index is 1.01. The van der Waals surface area contributed by atoms with Crippen molar-refractivity contribution in [3.63, 3.8) is 0 Å². The molecule has 0 spiro atoms. The Hall–Kier alpha value is -8.00. The van der Waals surface area contributed by atoms with E-state index in [9.17, 15) is 0 Å². The first kappa shape index (κ1) is 37.4. The van der Waals surface area contributed by atoms with Crippen LogP contribution in [0.4, 0.5) is 0 Å². The fourth-order valence-corrected chi connectivity index (χ4v) is 13.8. The zero-order chi connectivity index (χ0) is 43.3. The second-order valence-corrected chi connectivity index (χ2v) is 19.6. The minimum atomic E-state index is 0.129. The van der Waals surface area contributed by atoms with Gasteiger partial charge in [-0.15, -0.1) is 0 Å². The van der Waals surface area contributed by atoms with Crippen LogP contribution in [0.25, 0.3) is 134 Å². The summed E-state index contributed by atoms with van der Waals surface area (Å²) in [6.45, 7) is 0. The van der Waals surface area contributed by atoms with Crippen molar-refractivity contribution >= 4 is 98.7 Å². The molecule has 0 aliphatic rings. The molecule has 2 aromatic heterocycles. The van der Waals surface area contributed by atoms with E-state index in [-0.39, 0.29) is 14.5 Å². The van der Waals surface area contributed by atoms with Crippen molar-refractivity contribution in [2.45, 2.75) is 0 Å². The minimum absolute atomic E-state index is 0.129. The number of hydrogen-bond acceptors (Lipinski definition) is 0. The van der Waals surface area contributed by atoms with Crippen LogP contribution in [0.1, 0.15) is 0 Å². The molecule has 2 heterocycles. The Morgan fingerprint density at radius 1 is 0.273 bits per heavy atom. The summed E-state index contributed by atoms with van der Waals surface area (Å²) >= 11 is 0.129. The third kappa shape index (κ3) is 5.47. The molecular formula is C64H39NSe. The molecule has 0 N–H and O–H groups in total. The van der Waals surface area contributed by atoms with Gasteiger partial charge in [0.15, 0.2) is 0 Å². The number of hydrogen-bond donors (Lipinski definition) is 0. The molecule has 306 valence electrons. The molecule has 0 aliphatic carbocycles. The molecule has 0 saturated carbocycles. The monoisotopic (exact) mass is 901 g/mol. The Bertz CT molecular complexity index is 4160. The number of benzene rings is 12. The summed E-state index contributed by atoms with van der Waals surface area (Å²) in [4.78, 5) is 0. The molecule has 14 aromatic rings. The standard InChI is InChI=1S/C64H39NSe/c1-3-19-40(20-4-1)59-44-24-7-13-30-50(44)62(51-31-14-8-25-45(51)59)55-35-18-33-53-56-39-41(37-38-58(56)66-64(53)55)60-46-26-9-11-28-48(46)61(49-29-12-10-27-47(49)60)54-34-17-32-52-43-23-15-16-36-57(43)65(63(52)54)42-21-5-2-6-22-42/h1-39H. The summed E-state index contributed by atoms with van der Waals surface area (Å²) < 4.78 is 5.37. The Morgan fingerprint density at radius 2 is 0.712 bits per heavy atom. The van der Waals surface area contributed by atoms with E-state index >= 15 is 0 Å². The molecule has 1 nitrogen and oxygen atoms in total. The molecule has 12 aromatic carbocycles. The van der Waals surface area contributed by atoms with Crippen LogP contribution in [0.2, 0.25) is 0 Å². The van der Waals surface area contributed by atoms with Gasteiger partial charge in [-0.1, -0.05) is 36.4 Å². The first-order valence-corrected chi connectivity index (χ1v) is 24.5. The molecule has 0 aliphatic heterocycles. The number of aromatic nitrogens is 1. The second-order valence-electron chi connectivity index (χ2n) is 17.4. The van der Waals surface area contributed by atoms with Crippen molar-refractivity contribution in [1.82, 2.24) is 4.57 Å². The number of para-hydroxylation sites is 3. The van der Waals surface area contributed by atoms with Crippen LogP contribution in [0, 0.1) is 0 Å². The molecule has 0 bridgehead atoms. The van der Waals surface area contributed by atoms with Gasteiger partial charge in [0.25, 0.3) is 0 Å². The van der Waals surface area contributed by atoms with Gasteiger partial charge < -0.3 is 0 Å². The van der Waals surface area contributed by atoms with E-state index in [0.717, 1.165) is 5.69 Å². The van der Waals surface area contributed by atoms with E-state index in [2.05, 4.69) is 241 Å². The van der Waals surface area contributed by atoms with Gasteiger partial charge in [0.2, 0.25) is 0 Å². The zero-order valence-corrected chi connectivity index (χ0v) is 37.6. The van der Waals surface area contributed by atoms with Crippen molar-refractivity contribution in [2.75, 3.05) is 0 Å². The molecule has 0 unspecified atom stereocenters. The average molecular weight is 901 g/mol. The van der Waals surface area contributed by atoms with Crippen LogP contribution in [0.3, 0.4) is 0 Å². The molecule has 14 rings (SSSR count). The van der Waals surface area contributed by atoms with E-state index in [4.69, 9.17) is 0 Å². The summed E-state index contributed by atoms with van der Waals surface area (Å²) in [7, 11) is 0. The van der Waals surface area contributed by atoms with Gasteiger partial charge in [-0.05, 0) is 18.2 Å². The summed E-state index contributed by atoms with van der Waals surface area (Å²) in [5.74, 6) is 0. The normalized spacial score (nSPS) is 11.9. The third-order valence-corrected chi connectivity index (χ3v) is 16.5. The maximum atomic E-state index is 2.50. The maximum absolute atomic E-state index is 2.50. The van der Waals surface area contributed by atoms with Gasteiger partial charge in [-0.2, -0.15) is 0 Å². The van der Waals surface area contributed by atoms with Gasteiger partial charge in [0.1, 0.15) is 0 Å². The van der Waals surface area contributed by atoms with Crippen LogP contribution in [0.5, 0.6) is 0 Å². The summed E-state index contributed by atoms with van der Waals surface area (Å²) in [5, 5.41) is 15.5. The summed E-state index contributed by atoms with van der Waals surface area (Å²) in [5.41, 5.74) is 13.9. The van der Waals surface area contributed by atoms with E-state index in [0.29, 0.717) is 0 Å². The average Bonchev–Trinajstić information content (AvgIpc) is 3.94. The van der Waals surface area contributed by atoms with Crippen molar-refractivity contribution in [2.24, 2.45) is 0 Å². The van der Waals surface area contributed by atoms with E-state index < -0.39 is 0 Å². The van der Waals surface area contributed by atoms with Crippen LogP contribution in [-0.2, 0) is 0 Å². The second kappa shape index (κ2) is 14.8. The first-order valence-electron chi connectivity index (χ1n) is 22.8.